The van der Waals surface area contributed by atoms with E-state index in [4.69, 9.17) is 9.47 Å². The molecule has 32 heavy (non-hydrogen) atoms. The van der Waals surface area contributed by atoms with E-state index < -0.39 is 17.7 Å². The van der Waals surface area contributed by atoms with E-state index in [1.165, 1.54) is 4.90 Å². The van der Waals surface area contributed by atoms with Gasteiger partial charge >= 0.3 is 0 Å². The third kappa shape index (κ3) is 4.24. The fourth-order valence-electron chi connectivity index (χ4n) is 4.40. The fourth-order valence-corrected chi connectivity index (χ4v) is 4.40. The molecule has 0 spiro atoms. The molecular weight excluding hydrogens is 410 g/mol. The predicted molar refractivity (Wildman–Crippen MR) is 116 cm³/mol. The molecule has 1 atom stereocenters. The van der Waals surface area contributed by atoms with E-state index in [0.29, 0.717) is 37.6 Å². The number of rotatable bonds is 6. The van der Waals surface area contributed by atoms with Crippen LogP contribution in [0.5, 0.6) is 5.75 Å². The molecule has 168 valence electrons. The van der Waals surface area contributed by atoms with Crippen molar-refractivity contribution in [3.05, 3.63) is 65.0 Å². The Hall–Kier alpha value is -3.23. The number of pyridine rings is 1. The van der Waals surface area contributed by atoms with Crippen molar-refractivity contribution < 1.29 is 34.1 Å². The second-order valence-corrected chi connectivity index (χ2v) is 8.12. The first-order valence-corrected chi connectivity index (χ1v) is 10.8. The molecule has 1 aromatic carbocycles. The van der Waals surface area contributed by atoms with Crippen LogP contribution in [0, 0.1) is 6.92 Å². The zero-order valence-electron chi connectivity index (χ0n) is 18.4. The number of benzene rings is 1. The van der Waals surface area contributed by atoms with E-state index >= 15 is 0 Å². The maximum atomic E-state index is 13.1. The molecule has 4 rings (SSSR count). The van der Waals surface area contributed by atoms with Crippen LogP contribution >= 0.6 is 0 Å². The number of H-pyrrole nitrogens is 1. The van der Waals surface area contributed by atoms with Gasteiger partial charge in [0.05, 0.1) is 45.0 Å². The number of aryl methyl sites for hydroxylation is 1. The summed E-state index contributed by atoms with van der Waals surface area (Å²) in [5.41, 5.74) is 2.15. The molecule has 0 radical (unpaired) electrons. The van der Waals surface area contributed by atoms with Crippen LogP contribution in [0.15, 0.2) is 48.3 Å². The summed E-state index contributed by atoms with van der Waals surface area (Å²) < 4.78 is 10.7. The second-order valence-electron chi connectivity index (χ2n) is 8.12. The summed E-state index contributed by atoms with van der Waals surface area (Å²) >= 11 is 0. The molecule has 1 aromatic heterocycles. The highest BCUT2D eigenvalue weighted by molar-refractivity contribution is 6.46. The first-order valence-electron chi connectivity index (χ1n) is 10.8. The van der Waals surface area contributed by atoms with Crippen molar-refractivity contribution in [2.45, 2.75) is 13.0 Å². The Balaban J connectivity index is 1.73. The van der Waals surface area contributed by atoms with Crippen LogP contribution in [0.3, 0.4) is 0 Å². The highest BCUT2D eigenvalue weighted by Crippen LogP contribution is 2.39. The number of ether oxygens (including phenoxy) is 2. The second kappa shape index (κ2) is 9.50. The molecule has 3 heterocycles. The Labute approximate surface area is 187 Å². The quantitative estimate of drug-likeness (QED) is 0.380. The van der Waals surface area contributed by atoms with Crippen molar-refractivity contribution in [1.82, 2.24) is 4.90 Å². The highest BCUT2D eigenvalue weighted by atomic mass is 16.5. The molecule has 2 aromatic rings. The summed E-state index contributed by atoms with van der Waals surface area (Å²) in [6.07, 6.45) is 3.50. The lowest BCUT2D eigenvalue weighted by Gasteiger charge is -2.28. The van der Waals surface area contributed by atoms with Gasteiger partial charge in [-0.3, -0.25) is 9.59 Å². The Morgan fingerprint density at radius 1 is 1.22 bits per heavy atom. The van der Waals surface area contributed by atoms with E-state index in [1.807, 2.05) is 19.1 Å². The number of aromatic amines is 1. The van der Waals surface area contributed by atoms with Gasteiger partial charge in [0.2, 0.25) is 0 Å². The van der Waals surface area contributed by atoms with Crippen LogP contribution < -0.4 is 14.6 Å². The van der Waals surface area contributed by atoms with E-state index in [1.54, 1.807) is 42.6 Å². The Bertz CT molecular complexity index is 1030. The lowest BCUT2D eigenvalue weighted by molar-refractivity contribution is -0.907. The molecule has 0 aliphatic carbocycles. The number of carbonyl (C=O) groups excluding carboxylic acids is 2. The smallest absolute Gasteiger partial charge is 0.295 e. The minimum absolute atomic E-state index is 0.117. The van der Waals surface area contributed by atoms with Crippen LogP contribution in [-0.2, 0) is 14.3 Å². The monoisotopic (exact) mass is 439 g/mol. The van der Waals surface area contributed by atoms with Gasteiger partial charge in [-0.2, -0.15) is 0 Å². The summed E-state index contributed by atoms with van der Waals surface area (Å²) in [5, 5.41) is 11.2. The number of morpholine rings is 1. The third-order valence-electron chi connectivity index (χ3n) is 6.19. The maximum absolute atomic E-state index is 13.1. The summed E-state index contributed by atoms with van der Waals surface area (Å²) in [6, 6.07) is 8.25. The van der Waals surface area contributed by atoms with Crippen LogP contribution in [-0.4, -0.2) is 68.2 Å². The number of aliphatic hydroxyl groups is 1. The molecule has 2 saturated heterocycles. The van der Waals surface area contributed by atoms with E-state index in [9.17, 15) is 14.7 Å². The minimum atomic E-state index is -0.660. The molecule has 8 heteroatoms. The number of amides is 1. The molecule has 2 fully saturated rings. The summed E-state index contributed by atoms with van der Waals surface area (Å²) in [4.78, 5) is 32.1. The van der Waals surface area contributed by atoms with Crippen LogP contribution in [0.25, 0.3) is 5.76 Å². The Morgan fingerprint density at radius 3 is 2.59 bits per heavy atom. The average molecular weight is 440 g/mol. The largest absolute Gasteiger partial charge is 0.507 e. The lowest BCUT2D eigenvalue weighted by Crippen LogP contribution is -3.14. The molecule has 1 unspecified atom stereocenters. The summed E-state index contributed by atoms with van der Waals surface area (Å²) in [5.74, 6) is -0.749. The standard InChI is InChI=1S/C24H27N3O5/c1-16-15-18(31-2)3-4-19(16)22(28)20-21(17-5-7-25-8-6-17)27(24(30)23(20)29)10-9-26-11-13-32-14-12-26/h3-8,15,21,28H,9-14H2,1-2H3/p+2. The van der Waals surface area contributed by atoms with Gasteiger partial charge < -0.3 is 24.4 Å². The van der Waals surface area contributed by atoms with Crippen molar-refractivity contribution in [2.75, 3.05) is 46.5 Å². The van der Waals surface area contributed by atoms with Gasteiger partial charge in [0, 0.05) is 17.7 Å². The van der Waals surface area contributed by atoms with Crippen LogP contribution in [0.1, 0.15) is 22.7 Å². The van der Waals surface area contributed by atoms with Crippen LogP contribution in [0.2, 0.25) is 0 Å². The van der Waals surface area contributed by atoms with Gasteiger partial charge in [0.25, 0.3) is 11.7 Å². The zero-order chi connectivity index (χ0) is 22.7. The van der Waals surface area contributed by atoms with E-state index in [-0.39, 0.29) is 11.3 Å². The molecule has 1 amide bonds. The number of ketones is 1. The SMILES string of the molecule is COc1ccc(C(O)=C2C(=O)C(=O)N(CC[NH+]3CCOCC3)C2c2cc[nH+]cc2)c(C)c1. The predicted octanol–water partition coefficient (Wildman–Crippen LogP) is 0.155. The number of Topliss-reactive ketones (excluding diaryl/α,β-unsaturated/α-hetero) is 1. The molecule has 2 aliphatic heterocycles. The van der Waals surface area contributed by atoms with Crippen molar-refractivity contribution in [1.29, 1.82) is 0 Å². The zero-order valence-corrected chi connectivity index (χ0v) is 18.4. The van der Waals surface area contributed by atoms with Crippen molar-refractivity contribution in [2.24, 2.45) is 0 Å². The fraction of sp³-hybridized carbons (Fsp3) is 0.375. The number of methoxy groups -OCH3 is 1. The minimum Gasteiger partial charge on any atom is -0.507 e. The number of carbonyl (C=O) groups is 2. The first-order chi connectivity index (χ1) is 15.5. The molecule has 3 N–H and O–H groups in total. The van der Waals surface area contributed by atoms with Gasteiger partial charge in [-0.15, -0.1) is 0 Å². The number of likely N-dealkylation sites (tertiary alicyclic amines) is 1. The van der Waals surface area contributed by atoms with Gasteiger partial charge in [-0.05, 0) is 36.2 Å². The number of aromatic nitrogens is 1. The van der Waals surface area contributed by atoms with E-state index in [2.05, 4.69) is 4.98 Å². The van der Waals surface area contributed by atoms with E-state index in [0.717, 1.165) is 24.2 Å². The first kappa shape index (κ1) is 22.0. The number of hydrogen-bond donors (Lipinski definition) is 2. The number of nitrogens with zero attached hydrogens (tertiary/aromatic N) is 1. The molecule has 2 aliphatic rings. The topological polar surface area (TPSA) is 94.7 Å². The molecule has 8 nitrogen and oxygen atoms in total. The molecular formula is C24H29N3O5+2. The average Bonchev–Trinajstić information content (AvgIpc) is 3.08. The van der Waals surface area contributed by atoms with Gasteiger partial charge in [-0.1, -0.05) is 0 Å². The highest BCUT2D eigenvalue weighted by Gasteiger charge is 2.46. The normalized spacial score (nSPS) is 21.2. The van der Waals surface area contributed by atoms with Crippen molar-refractivity contribution in [3.63, 3.8) is 0 Å². The van der Waals surface area contributed by atoms with Gasteiger partial charge in [-0.25, -0.2) is 4.98 Å². The molecule has 0 saturated carbocycles. The van der Waals surface area contributed by atoms with Gasteiger partial charge in [0.15, 0.2) is 12.4 Å². The number of aliphatic hydroxyl groups excluding tert-OH is 1. The maximum Gasteiger partial charge on any atom is 0.295 e. The third-order valence-corrected chi connectivity index (χ3v) is 6.19. The molecule has 0 bridgehead atoms. The number of nitrogens with one attached hydrogen (secondary N) is 2. The summed E-state index contributed by atoms with van der Waals surface area (Å²) in [6.45, 7) is 6.11. The summed E-state index contributed by atoms with van der Waals surface area (Å²) in [7, 11) is 1.57. The number of hydrogen-bond acceptors (Lipinski definition) is 5. The van der Waals surface area contributed by atoms with Crippen molar-refractivity contribution in [3.8, 4) is 5.75 Å². The Kier molecular flexibility index (Phi) is 6.53. The lowest BCUT2D eigenvalue weighted by atomic mass is 9.94. The van der Waals surface area contributed by atoms with Crippen molar-refractivity contribution >= 4 is 17.4 Å². The Morgan fingerprint density at radius 2 is 1.94 bits per heavy atom. The van der Waals surface area contributed by atoms with Crippen LogP contribution in [0.4, 0.5) is 0 Å². The van der Waals surface area contributed by atoms with Gasteiger partial charge in [0.1, 0.15) is 24.6 Å². The number of quaternary nitrogens is 1.